The molecule has 2 rings (SSSR count). The van der Waals surface area contributed by atoms with E-state index in [0.29, 0.717) is 25.9 Å². The summed E-state index contributed by atoms with van der Waals surface area (Å²) in [7, 11) is 1.62. The Bertz CT molecular complexity index is 467. The van der Waals surface area contributed by atoms with Crippen LogP contribution in [0, 0.1) is 5.92 Å². The molecule has 1 unspecified atom stereocenters. The molecule has 4 heteroatoms. The normalized spacial score (nSPS) is 19.4. The van der Waals surface area contributed by atoms with Gasteiger partial charge in [-0.1, -0.05) is 19.1 Å². The van der Waals surface area contributed by atoms with Crippen molar-refractivity contribution in [3.63, 3.8) is 0 Å². The average Bonchev–Trinajstić information content (AvgIpc) is 2.42. The van der Waals surface area contributed by atoms with Crippen molar-refractivity contribution in [2.45, 2.75) is 19.8 Å². The summed E-state index contributed by atoms with van der Waals surface area (Å²) in [5, 5.41) is 0. The van der Waals surface area contributed by atoms with E-state index in [1.807, 2.05) is 31.2 Å². The van der Waals surface area contributed by atoms with E-state index in [0.717, 1.165) is 11.3 Å². The number of amides is 1. The third kappa shape index (κ3) is 3.34. The van der Waals surface area contributed by atoms with Gasteiger partial charge in [-0.2, -0.15) is 0 Å². The van der Waals surface area contributed by atoms with Gasteiger partial charge in [0, 0.05) is 25.4 Å². The van der Waals surface area contributed by atoms with Crippen molar-refractivity contribution in [1.82, 2.24) is 4.90 Å². The van der Waals surface area contributed by atoms with Crippen LogP contribution in [0.2, 0.25) is 0 Å². The Labute approximate surface area is 113 Å². The van der Waals surface area contributed by atoms with Gasteiger partial charge in [0.25, 0.3) is 0 Å². The molecule has 1 aromatic rings. The van der Waals surface area contributed by atoms with E-state index >= 15 is 0 Å². The number of methoxy groups -OCH3 is 1. The summed E-state index contributed by atoms with van der Waals surface area (Å²) in [5.41, 5.74) is 0.968. The Morgan fingerprint density at radius 2 is 2.05 bits per heavy atom. The number of ether oxygens (including phenoxy) is 1. The number of rotatable bonds is 3. The molecule has 1 fully saturated rings. The molecule has 1 heterocycles. The fourth-order valence-corrected chi connectivity index (χ4v) is 2.27. The van der Waals surface area contributed by atoms with E-state index in [-0.39, 0.29) is 17.6 Å². The molecule has 1 aliphatic rings. The number of Topliss-reactive ketones (excluding diaryl/α,β-unsaturated/α-hetero) is 1. The van der Waals surface area contributed by atoms with Crippen LogP contribution in [-0.4, -0.2) is 36.8 Å². The number of piperidine rings is 1. The summed E-state index contributed by atoms with van der Waals surface area (Å²) in [4.78, 5) is 25.4. The smallest absolute Gasteiger partial charge is 0.227 e. The van der Waals surface area contributed by atoms with Crippen molar-refractivity contribution < 1.29 is 14.3 Å². The second-order valence-electron chi connectivity index (χ2n) is 4.98. The maximum Gasteiger partial charge on any atom is 0.227 e. The maximum atomic E-state index is 12.2. The summed E-state index contributed by atoms with van der Waals surface area (Å²) in [6, 6.07) is 7.50. The second-order valence-corrected chi connectivity index (χ2v) is 4.98. The standard InChI is InChI=1S/C15H19NO3/c1-11-10-16(8-7-14(11)17)15(18)9-12-3-5-13(19-2)6-4-12/h3-6,11H,7-10H2,1-2H3. The molecule has 0 bridgehead atoms. The van der Waals surface area contributed by atoms with Crippen molar-refractivity contribution >= 4 is 11.7 Å². The third-order valence-corrected chi connectivity index (χ3v) is 3.54. The third-order valence-electron chi connectivity index (χ3n) is 3.54. The fraction of sp³-hybridized carbons (Fsp3) is 0.467. The van der Waals surface area contributed by atoms with Gasteiger partial charge < -0.3 is 9.64 Å². The Morgan fingerprint density at radius 1 is 1.37 bits per heavy atom. The molecule has 1 aliphatic heterocycles. The molecule has 0 aromatic heterocycles. The highest BCUT2D eigenvalue weighted by molar-refractivity contribution is 5.85. The van der Waals surface area contributed by atoms with E-state index in [2.05, 4.69) is 0 Å². The van der Waals surface area contributed by atoms with Crippen molar-refractivity contribution in [2.24, 2.45) is 5.92 Å². The molecule has 0 aliphatic carbocycles. The minimum Gasteiger partial charge on any atom is -0.497 e. The van der Waals surface area contributed by atoms with Crippen LogP contribution in [0.15, 0.2) is 24.3 Å². The minimum absolute atomic E-state index is 0.0337. The zero-order chi connectivity index (χ0) is 13.8. The Kier molecular flexibility index (Phi) is 4.20. The number of carbonyl (C=O) groups excluding carboxylic acids is 2. The number of benzene rings is 1. The first-order valence-electron chi connectivity index (χ1n) is 6.53. The van der Waals surface area contributed by atoms with Gasteiger partial charge in [0.05, 0.1) is 13.5 Å². The second kappa shape index (κ2) is 5.87. The topological polar surface area (TPSA) is 46.6 Å². The minimum atomic E-state index is -0.0337. The van der Waals surface area contributed by atoms with Gasteiger partial charge in [-0.15, -0.1) is 0 Å². The molecule has 0 N–H and O–H groups in total. The number of ketones is 1. The Morgan fingerprint density at radius 3 is 2.63 bits per heavy atom. The monoisotopic (exact) mass is 261 g/mol. The van der Waals surface area contributed by atoms with Crippen LogP contribution in [0.5, 0.6) is 5.75 Å². The molecule has 102 valence electrons. The van der Waals surface area contributed by atoms with E-state index in [1.54, 1.807) is 12.0 Å². The van der Waals surface area contributed by atoms with Crippen LogP contribution in [0.4, 0.5) is 0 Å². The van der Waals surface area contributed by atoms with E-state index < -0.39 is 0 Å². The molecule has 1 saturated heterocycles. The van der Waals surface area contributed by atoms with Crippen molar-refractivity contribution in [1.29, 1.82) is 0 Å². The van der Waals surface area contributed by atoms with Gasteiger partial charge >= 0.3 is 0 Å². The quantitative estimate of drug-likeness (QED) is 0.831. The van der Waals surface area contributed by atoms with Crippen LogP contribution in [-0.2, 0) is 16.0 Å². The van der Waals surface area contributed by atoms with Crippen LogP contribution < -0.4 is 4.74 Å². The van der Waals surface area contributed by atoms with Gasteiger partial charge in [-0.05, 0) is 17.7 Å². The van der Waals surface area contributed by atoms with Crippen molar-refractivity contribution in [3.05, 3.63) is 29.8 Å². The molecule has 1 atom stereocenters. The summed E-state index contributed by atoms with van der Waals surface area (Å²) in [6.45, 7) is 2.99. The lowest BCUT2D eigenvalue weighted by Gasteiger charge is -2.30. The van der Waals surface area contributed by atoms with Gasteiger partial charge in [-0.25, -0.2) is 0 Å². The number of nitrogens with zero attached hydrogens (tertiary/aromatic N) is 1. The van der Waals surface area contributed by atoms with E-state index in [4.69, 9.17) is 4.74 Å². The van der Waals surface area contributed by atoms with Gasteiger partial charge in [0.15, 0.2) is 0 Å². The predicted octanol–water partition coefficient (Wildman–Crippen LogP) is 1.68. The molecule has 0 radical (unpaired) electrons. The van der Waals surface area contributed by atoms with Crippen LogP contribution >= 0.6 is 0 Å². The number of likely N-dealkylation sites (tertiary alicyclic amines) is 1. The van der Waals surface area contributed by atoms with Gasteiger partial charge in [0.2, 0.25) is 5.91 Å². The molecule has 4 nitrogen and oxygen atoms in total. The largest absolute Gasteiger partial charge is 0.497 e. The summed E-state index contributed by atoms with van der Waals surface area (Å²) in [5.74, 6) is 1.10. The van der Waals surface area contributed by atoms with E-state index in [9.17, 15) is 9.59 Å². The summed E-state index contributed by atoms with van der Waals surface area (Å²) < 4.78 is 5.08. The zero-order valence-corrected chi connectivity index (χ0v) is 11.4. The molecule has 1 amide bonds. The molecule has 0 spiro atoms. The van der Waals surface area contributed by atoms with Crippen LogP contribution in [0.3, 0.4) is 0 Å². The van der Waals surface area contributed by atoms with Crippen molar-refractivity contribution in [3.8, 4) is 5.75 Å². The Balaban J connectivity index is 1.95. The highest BCUT2D eigenvalue weighted by atomic mass is 16.5. The number of carbonyl (C=O) groups is 2. The lowest BCUT2D eigenvalue weighted by molar-refractivity contribution is -0.136. The highest BCUT2D eigenvalue weighted by Gasteiger charge is 2.26. The lowest BCUT2D eigenvalue weighted by atomic mass is 9.98. The maximum absolute atomic E-state index is 12.2. The number of hydrogen-bond acceptors (Lipinski definition) is 3. The molecular formula is C15H19NO3. The number of hydrogen-bond donors (Lipinski definition) is 0. The summed E-state index contributed by atoms with van der Waals surface area (Å²) in [6.07, 6.45) is 0.862. The van der Waals surface area contributed by atoms with E-state index in [1.165, 1.54) is 0 Å². The Hall–Kier alpha value is -1.84. The van der Waals surface area contributed by atoms with Crippen molar-refractivity contribution in [2.75, 3.05) is 20.2 Å². The first-order chi connectivity index (χ1) is 9.10. The first kappa shape index (κ1) is 13.6. The lowest BCUT2D eigenvalue weighted by Crippen LogP contribution is -2.43. The predicted molar refractivity (Wildman–Crippen MR) is 72.1 cm³/mol. The average molecular weight is 261 g/mol. The summed E-state index contributed by atoms with van der Waals surface area (Å²) >= 11 is 0. The highest BCUT2D eigenvalue weighted by Crippen LogP contribution is 2.16. The first-order valence-corrected chi connectivity index (χ1v) is 6.53. The van der Waals surface area contributed by atoms with Crippen LogP contribution in [0.1, 0.15) is 18.9 Å². The fourth-order valence-electron chi connectivity index (χ4n) is 2.27. The molecule has 1 aromatic carbocycles. The zero-order valence-electron chi connectivity index (χ0n) is 11.4. The van der Waals surface area contributed by atoms with Gasteiger partial charge in [0.1, 0.15) is 11.5 Å². The van der Waals surface area contributed by atoms with Crippen LogP contribution in [0.25, 0.3) is 0 Å². The van der Waals surface area contributed by atoms with Gasteiger partial charge in [-0.3, -0.25) is 9.59 Å². The molecule has 19 heavy (non-hydrogen) atoms. The SMILES string of the molecule is COc1ccc(CC(=O)N2CCC(=O)C(C)C2)cc1. The molecular weight excluding hydrogens is 242 g/mol. The molecule has 0 saturated carbocycles.